The summed E-state index contributed by atoms with van der Waals surface area (Å²) in [7, 11) is 0. The molecule has 88 valence electrons. The van der Waals surface area contributed by atoms with Crippen LogP contribution in [-0.2, 0) is 0 Å². The number of hydrogen-bond acceptors (Lipinski definition) is 1. The molecule has 0 radical (unpaired) electrons. The Hall–Kier alpha value is -1.31. The smallest absolute Gasteiger partial charge is 0.335 e. The van der Waals surface area contributed by atoms with Crippen LogP contribution in [0, 0.1) is 0 Å². The Bertz CT molecular complexity index is 380. The number of benzene rings is 1. The van der Waals surface area contributed by atoms with E-state index in [-0.39, 0.29) is 0 Å². The van der Waals surface area contributed by atoms with Gasteiger partial charge in [0.15, 0.2) is 0 Å². The van der Waals surface area contributed by atoms with Gasteiger partial charge < -0.3 is 5.11 Å². The average Bonchev–Trinajstić information content (AvgIpc) is 2.27. The molecule has 1 aromatic rings. The fourth-order valence-electron chi connectivity index (χ4n) is 1.65. The summed E-state index contributed by atoms with van der Waals surface area (Å²) in [6.07, 6.45) is 1.03. The van der Waals surface area contributed by atoms with Crippen LogP contribution >= 0.6 is 0 Å². The van der Waals surface area contributed by atoms with Crippen molar-refractivity contribution >= 4 is 5.97 Å². The molecule has 1 aromatic carbocycles. The SMILES string of the molecule is CCC(C)c1cc(C(=O)O)cc(C(C)C)c1. The summed E-state index contributed by atoms with van der Waals surface area (Å²) in [5.41, 5.74) is 2.64. The quantitative estimate of drug-likeness (QED) is 0.832. The molecule has 0 saturated carbocycles. The van der Waals surface area contributed by atoms with Crippen molar-refractivity contribution in [2.24, 2.45) is 0 Å². The first-order chi connectivity index (χ1) is 7.45. The highest BCUT2D eigenvalue weighted by atomic mass is 16.4. The van der Waals surface area contributed by atoms with Gasteiger partial charge in [0.1, 0.15) is 0 Å². The second-order valence-corrected chi connectivity index (χ2v) is 4.66. The lowest BCUT2D eigenvalue weighted by molar-refractivity contribution is 0.0696. The molecule has 0 aliphatic heterocycles. The lowest BCUT2D eigenvalue weighted by Crippen LogP contribution is -2.03. The summed E-state index contributed by atoms with van der Waals surface area (Å²) in [6, 6.07) is 5.70. The van der Waals surface area contributed by atoms with Crippen molar-refractivity contribution in [3.8, 4) is 0 Å². The second kappa shape index (κ2) is 5.15. The van der Waals surface area contributed by atoms with Crippen molar-refractivity contribution in [3.05, 3.63) is 34.9 Å². The Morgan fingerprint density at radius 2 is 1.75 bits per heavy atom. The van der Waals surface area contributed by atoms with Crippen LogP contribution in [0.4, 0.5) is 0 Å². The molecule has 1 rings (SSSR count). The van der Waals surface area contributed by atoms with E-state index < -0.39 is 5.97 Å². The molecule has 0 spiro atoms. The molecule has 0 aromatic heterocycles. The van der Waals surface area contributed by atoms with Gasteiger partial charge in [-0.15, -0.1) is 0 Å². The first-order valence-electron chi connectivity index (χ1n) is 5.83. The van der Waals surface area contributed by atoms with Crippen LogP contribution in [0.25, 0.3) is 0 Å². The van der Waals surface area contributed by atoms with E-state index in [0.717, 1.165) is 17.5 Å². The maximum Gasteiger partial charge on any atom is 0.335 e. The van der Waals surface area contributed by atoms with E-state index in [4.69, 9.17) is 5.11 Å². The fraction of sp³-hybridized carbons (Fsp3) is 0.500. The summed E-state index contributed by atoms with van der Waals surface area (Å²) in [6.45, 7) is 8.42. The Morgan fingerprint density at radius 3 is 2.19 bits per heavy atom. The van der Waals surface area contributed by atoms with E-state index in [1.807, 2.05) is 0 Å². The maximum absolute atomic E-state index is 11.0. The molecule has 0 fully saturated rings. The highest BCUT2D eigenvalue weighted by Crippen LogP contribution is 2.25. The first-order valence-corrected chi connectivity index (χ1v) is 5.83. The summed E-state index contributed by atoms with van der Waals surface area (Å²) in [4.78, 5) is 11.0. The minimum Gasteiger partial charge on any atom is -0.478 e. The van der Waals surface area contributed by atoms with E-state index >= 15 is 0 Å². The van der Waals surface area contributed by atoms with Gasteiger partial charge in [0.05, 0.1) is 5.56 Å². The molecule has 0 aliphatic carbocycles. The van der Waals surface area contributed by atoms with Crippen molar-refractivity contribution < 1.29 is 9.90 Å². The number of rotatable bonds is 4. The topological polar surface area (TPSA) is 37.3 Å². The summed E-state index contributed by atoms with van der Waals surface area (Å²) < 4.78 is 0. The van der Waals surface area contributed by atoms with Crippen LogP contribution < -0.4 is 0 Å². The van der Waals surface area contributed by atoms with E-state index in [9.17, 15) is 4.79 Å². The van der Waals surface area contributed by atoms with Crippen LogP contribution in [0.5, 0.6) is 0 Å². The third-order valence-electron chi connectivity index (χ3n) is 3.07. The Labute approximate surface area is 97.3 Å². The van der Waals surface area contributed by atoms with Gasteiger partial charge in [0.2, 0.25) is 0 Å². The molecule has 16 heavy (non-hydrogen) atoms. The number of carboxylic acids is 1. The molecule has 0 saturated heterocycles. The molecule has 2 heteroatoms. The normalized spacial score (nSPS) is 12.8. The van der Waals surface area contributed by atoms with Crippen LogP contribution in [0.2, 0.25) is 0 Å². The third kappa shape index (κ3) is 2.84. The number of hydrogen-bond donors (Lipinski definition) is 1. The van der Waals surface area contributed by atoms with Gasteiger partial charge in [-0.3, -0.25) is 0 Å². The van der Waals surface area contributed by atoms with Crippen molar-refractivity contribution in [1.82, 2.24) is 0 Å². The van der Waals surface area contributed by atoms with E-state index in [1.165, 1.54) is 0 Å². The van der Waals surface area contributed by atoms with Crippen LogP contribution in [0.15, 0.2) is 18.2 Å². The van der Waals surface area contributed by atoms with Gasteiger partial charge >= 0.3 is 5.97 Å². The van der Waals surface area contributed by atoms with Gasteiger partial charge in [-0.1, -0.05) is 33.8 Å². The molecule has 1 atom stereocenters. The van der Waals surface area contributed by atoms with Gasteiger partial charge in [-0.25, -0.2) is 4.79 Å². The fourth-order valence-corrected chi connectivity index (χ4v) is 1.65. The molecule has 2 nitrogen and oxygen atoms in total. The summed E-state index contributed by atoms with van der Waals surface area (Å²) in [5.74, 6) is -0.0639. The van der Waals surface area contributed by atoms with Crippen LogP contribution in [-0.4, -0.2) is 11.1 Å². The standard InChI is InChI=1S/C14H20O2/c1-5-10(4)12-6-11(9(2)3)7-13(8-12)14(15)16/h6-10H,5H2,1-4H3,(H,15,16). The molecule has 1 N–H and O–H groups in total. The number of carbonyl (C=O) groups is 1. The Kier molecular flexibility index (Phi) is 4.11. The van der Waals surface area contributed by atoms with Gasteiger partial charge in [0.25, 0.3) is 0 Å². The van der Waals surface area contributed by atoms with Crippen molar-refractivity contribution in [2.45, 2.75) is 46.0 Å². The number of carboxylic acid groups (broad SMARTS) is 1. The maximum atomic E-state index is 11.0. The zero-order valence-electron chi connectivity index (χ0n) is 10.4. The molecule has 1 unspecified atom stereocenters. The third-order valence-corrected chi connectivity index (χ3v) is 3.07. The first kappa shape index (κ1) is 12.8. The average molecular weight is 220 g/mol. The summed E-state index contributed by atoms with van der Waals surface area (Å²) in [5, 5.41) is 9.07. The van der Waals surface area contributed by atoms with E-state index in [1.54, 1.807) is 12.1 Å². The molecule has 0 aliphatic rings. The van der Waals surface area contributed by atoms with E-state index in [2.05, 4.69) is 33.8 Å². The van der Waals surface area contributed by atoms with Crippen molar-refractivity contribution in [1.29, 1.82) is 0 Å². The van der Waals surface area contributed by atoms with Gasteiger partial charge in [0, 0.05) is 0 Å². The monoisotopic (exact) mass is 220 g/mol. The summed E-state index contributed by atoms with van der Waals surface area (Å²) >= 11 is 0. The number of aromatic carboxylic acids is 1. The Morgan fingerprint density at radius 1 is 1.19 bits per heavy atom. The van der Waals surface area contributed by atoms with Crippen LogP contribution in [0.3, 0.4) is 0 Å². The molecule has 0 amide bonds. The zero-order chi connectivity index (χ0) is 12.3. The lowest BCUT2D eigenvalue weighted by Gasteiger charge is -2.14. The Balaban J connectivity index is 3.24. The zero-order valence-corrected chi connectivity index (χ0v) is 10.4. The van der Waals surface area contributed by atoms with Crippen molar-refractivity contribution in [3.63, 3.8) is 0 Å². The molecule has 0 bridgehead atoms. The van der Waals surface area contributed by atoms with Crippen LogP contribution in [0.1, 0.15) is 67.4 Å². The highest BCUT2D eigenvalue weighted by Gasteiger charge is 2.12. The minimum absolute atomic E-state index is 0.363. The largest absolute Gasteiger partial charge is 0.478 e. The predicted molar refractivity (Wildman–Crippen MR) is 66.2 cm³/mol. The molecular formula is C14H20O2. The second-order valence-electron chi connectivity index (χ2n) is 4.66. The lowest BCUT2D eigenvalue weighted by atomic mass is 9.91. The molecule has 0 heterocycles. The van der Waals surface area contributed by atoms with Gasteiger partial charge in [-0.05, 0) is 41.5 Å². The minimum atomic E-state index is -0.841. The highest BCUT2D eigenvalue weighted by molar-refractivity contribution is 5.88. The van der Waals surface area contributed by atoms with Crippen molar-refractivity contribution in [2.75, 3.05) is 0 Å². The molecular weight excluding hydrogens is 200 g/mol. The predicted octanol–water partition coefficient (Wildman–Crippen LogP) is 4.02. The van der Waals surface area contributed by atoms with Gasteiger partial charge in [-0.2, -0.15) is 0 Å². The van der Waals surface area contributed by atoms with E-state index in [0.29, 0.717) is 17.4 Å².